The third kappa shape index (κ3) is 2.81. The highest BCUT2D eigenvalue weighted by molar-refractivity contribution is 6.07. The average molecular weight is 263 g/mol. The van der Waals surface area contributed by atoms with E-state index in [1.54, 1.807) is 6.07 Å². The first-order chi connectivity index (χ1) is 9.01. The van der Waals surface area contributed by atoms with Crippen molar-refractivity contribution in [2.75, 3.05) is 7.11 Å². The van der Waals surface area contributed by atoms with Gasteiger partial charge in [-0.3, -0.25) is 0 Å². The highest BCUT2D eigenvalue weighted by Gasteiger charge is 2.24. The molecule has 0 saturated heterocycles. The number of benzene rings is 1. The van der Waals surface area contributed by atoms with E-state index < -0.39 is 11.8 Å². The first kappa shape index (κ1) is 13.3. The topological polar surface area (TPSA) is 47.9 Å². The van der Waals surface area contributed by atoms with Crippen LogP contribution in [0.4, 0.5) is 4.39 Å². The molecule has 4 nitrogen and oxygen atoms in total. The van der Waals surface area contributed by atoms with Crippen molar-refractivity contribution in [2.45, 2.75) is 13.8 Å². The van der Waals surface area contributed by atoms with E-state index in [0.29, 0.717) is 11.5 Å². The van der Waals surface area contributed by atoms with Gasteiger partial charge in [0, 0.05) is 5.92 Å². The number of rotatable bonds is 3. The highest BCUT2D eigenvalue weighted by atomic mass is 19.1. The van der Waals surface area contributed by atoms with Crippen LogP contribution in [0.2, 0.25) is 0 Å². The number of carbonyl (C=O) groups excluding carboxylic acids is 1. The molecule has 0 atom stereocenters. The van der Waals surface area contributed by atoms with Crippen LogP contribution in [0.5, 0.6) is 5.75 Å². The maximum atomic E-state index is 13.5. The molecule has 0 saturated carbocycles. The molecule has 0 unspecified atom stereocenters. The van der Waals surface area contributed by atoms with Crippen molar-refractivity contribution < 1.29 is 18.7 Å². The number of cyclic esters (lactones) is 1. The van der Waals surface area contributed by atoms with Crippen LogP contribution in [0.1, 0.15) is 19.4 Å². The lowest BCUT2D eigenvalue weighted by Gasteiger charge is -2.01. The van der Waals surface area contributed by atoms with Gasteiger partial charge >= 0.3 is 5.97 Å². The summed E-state index contributed by atoms with van der Waals surface area (Å²) in [6, 6.07) is 4.42. The third-order valence-corrected chi connectivity index (χ3v) is 2.61. The van der Waals surface area contributed by atoms with Gasteiger partial charge < -0.3 is 9.47 Å². The van der Waals surface area contributed by atoms with Crippen LogP contribution in [0, 0.1) is 11.7 Å². The Morgan fingerprint density at radius 2 is 2.16 bits per heavy atom. The Bertz CT molecular complexity index is 576. The van der Waals surface area contributed by atoms with Crippen LogP contribution in [0.15, 0.2) is 28.9 Å². The van der Waals surface area contributed by atoms with Gasteiger partial charge in [-0.05, 0) is 23.8 Å². The van der Waals surface area contributed by atoms with Crippen molar-refractivity contribution in [3.05, 3.63) is 35.3 Å². The number of hydrogen-bond acceptors (Lipinski definition) is 4. The maximum absolute atomic E-state index is 13.5. The van der Waals surface area contributed by atoms with Crippen LogP contribution in [-0.2, 0) is 9.53 Å². The Hall–Kier alpha value is -2.17. The molecule has 19 heavy (non-hydrogen) atoms. The summed E-state index contributed by atoms with van der Waals surface area (Å²) in [4.78, 5) is 15.7. The molecular formula is C14H14FNO3. The zero-order valence-corrected chi connectivity index (χ0v) is 10.9. The van der Waals surface area contributed by atoms with Gasteiger partial charge in [0.2, 0.25) is 5.90 Å². The zero-order chi connectivity index (χ0) is 14.0. The van der Waals surface area contributed by atoms with Crippen molar-refractivity contribution in [2.24, 2.45) is 10.9 Å². The molecule has 0 radical (unpaired) electrons. The highest BCUT2D eigenvalue weighted by Crippen LogP contribution is 2.22. The minimum absolute atomic E-state index is 0.0300. The molecule has 1 heterocycles. The Kier molecular flexibility index (Phi) is 3.64. The zero-order valence-electron chi connectivity index (χ0n) is 10.9. The number of halogens is 1. The van der Waals surface area contributed by atoms with Crippen LogP contribution in [0.3, 0.4) is 0 Å². The molecule has 0 amide bonds. The molecule has 1 aromatic carbocycles. The lowest BCUT2D eigenvalue weighted by Crippen LogP contribution is -2.09. The number of ether oxygens (including phenoxy) is 2. The Morgan fingerprint density at radius 3 is 2.68 bits per heavy atom. The smallest absolute Gasteiger partial charge is 0.363 e. The first-order valence-corrected chi connectivity index (χ1v) is 5.87. The summed E-state index contributed by atoms with van der Waals surface area (Å²) in [5.74, 6) is -0.439. The third-order valence-electron chi connectivity index (χ3n) is 2.61. The Morgan fingerprint density at radius 1 is 1.42 bits per heavy atom. The van der Waals surface area contributed by atoms with E-state index in [4.69, 9.17) is 9.47 Å². The van der Waals surface area contributed by atoms with Gasteiger partial charge in [0.1, 0.15) is 0 Å². The van der Waals surface area contributed by atoms with Crippen molar-refractivity contribution in [1.82, 2.24) is 0 Å². The molecular weight excluding hydrogens is 249 g/mol. The lowest BCUT2D eigenvalue weighted by molar-refractivity contribution is -0.130. The molecule has 100 valence electrons. The molecule has 0 spiro atoms. The van der Waals surface area contributed by atoms with Gasteiger partial charge in [0.15, 0.2) is 17.3 Å². The first-order valence-electron chi connectivity index (χ1n) is 5.87. The van der Waals surface area contributed by atoms with Gasteiger partial charge in [-0.25, -0.2) is 14.2 Å². The van der Waals surface area contributed by atoms with E-state index in [-0.39, 0.29) is 17.4 Å². The normalized spacial score (nSPS) is 16.8. The minimum Gasteiger partial charge on any atom is -0.494 e. The van der Waals surface area contributed by atoms with Crippen LogP contribution in [0.25, 0.3) is 6.08 Å². The number of carbonyl (C=O) groups is 1. The quantitative estimate of drug-likeness (QED) is 0.622. The average Bonchev–Trinajstić information content (AvgIpc) is 2.71. The second kappa shape index (κ2) is 5.22. The molecule has 0 aliphatic carbocycles. The van der Waals surface area contributed by atoms with Crippen molar-refractivity contribution in [3.63, 3.8) is 0 Å². The largest absolute Gasteiger partial charge is 0.494 e. The van der Waals surface area contributed by atoms with E-state index in [0.717, 1.165) is 0 Å². The molecule has 0 fully saturated rings. The number of aliphatic imine (C=N–C) groups is 1. The Balaban J connectivity index is 2.31. The van der Waals surface area contributed by atoms with Gasteiger partial charge in [0.05, 0.1) is 7.11 Å². The monoisotopic (exact) mass is 263 g/mol. The Labute approximate surface area is 110 Å². The minimum atomic E-state index is -0.514. The van der Waals surface area contributed by atoms with E-state index in [1.165, 1.54) is 25.3 Å². The van der Waals surface area contributed by atoms with E-state index in [1.807, 2.05) is 13.8 Å². The fraction of sp³-hybridized carbons (Fsp3) is 0.286. The lowest BCUT2D eigenvalue weighted by atomic mass is 10.2. The summed E-state index contributed by atoms with van der Waals surface area (Å²) in [6.07, 6.45) is 1.49. The molecule has 0 bridgehead atoms. The van der Waals surface area contributed by atoms with E-state index in [2.05, 4.69) is 4.99 Å². The summed E-state index contributed by atoms with van der Waals surface area (Å²) in [5, 5.41) is 0. The van der Waals surface area contributed by atoms with Gasteiger partial charge in [-0.2, -0.15) is 0 Å². The van der Waals surface area contributed by atoms with Gasteiger partial charge in [-0.15, -0.1) is 0 Å². The molecule has 1 aliphatic heterocycles. The summed E-state index contributed by atoms with van der Waals surface area (Å²) >= 11 is 0. The number of hydrogen-bond donors (Lipinski definition) is 0. The fourth-order valence-corrected chi connectivity index (χ4v) is 1.60. The standard InChI is InChI=1S/C14H14FNO3/c1-8(2)13-16-11(14(17)19-13)7-9-4-5-12(18-3)10(15)6-9/h4-8H,1-3H3/b11-7+. The maximum Gasteiger partial charge on any atom is 0.363 e. The molecule has 0 aromatic heterocycles. The fourth-order valence-electron chi connectivity index (χ4n) is 1.60. The predicted octanol–water partition coefficient (Wildman–Crippen LogP) is 2.79. The number of nitrogens with zero attached hydrogens (tertiary/aromatic N) is 1. The summed E-state index contributed by atoms with van der Waals surface area (Å²) in [5.41, 5.74) is 0.701. The number of methoxy groups -OCH3 is 1. The summed E-state index contributed by atoms with van der Waals surface area (Å²) in [6.45, 7) is 3.75. The molecule has 5 heteroatoms. The predicted molar refractivity (Wildman–Crippen MR) is 69.3 cm³/mol. The molecule has 1 aromatic rings. The second-order valence-corrected chi connectivity index (χ2v) is 4.42. The molecule has 1 aliphatic rings. The molecule has 0 N–H and O–H groups in total. The summed E-state index contributed by atoms with van der Waals surface area (Å²) in [7, 11) is 1.39. The van der Waals surface area contributed by atoms with Crippen LogP contribution in [-0.4, -0.2) is 19.0 Å². The second-order valence-electron chi connectivity index (χ2n) is 4.42. The van der Waals surface area contributed by atoms with Gasteiger partial charge in [-0.1, -0.05) is 19.9 Å². The van der Waals surface area contributed by atoms with E-state index >= 15 is 0 Å². The SMILES string of the molecule is COc1ccc(/C=C2/N=C(C(C)C)OC2=O)cc1F. The van der Waals surface area contributed by atoms with Crippen molar-refractivity contribution in [3.8, 4) is 5.75 Å². The summed E-state index contributed by atoms with van der Waals surface area (Å²) < 4.78 is 23.4. The van der Waals surface area contributed by atoms with Crippen molar-refractivity contribution in [1.29, 1.82) is 0 Å². The van der Waals surface area contributed by atoms with Crippen LogP contribution >= 0.6 is 0 Å². The van der Waals surface area contributed by atoms with Crippen LogP contribution < -0.4 is 4.74 Å². The molecule has 2 rings (SSSR count). The number of esters is 1. The van der Waals surface area contributed by atoms with Crippen molar-refractivity contribution >= 4 is 17.9 Å². The van der Waals surface area contributed by atoms with Gasteiger partial charge in [0.25, 0.3) is 0 Å². The van der Waals surface area contributed by atoms with E-state index in [9.17, 15) is 9.18 Å².